The van der Waals surface area contributed by atoms with E-state index in [1.807, 2.05) is 107 Å². The van der Waals surface area contributed by atoms with Gasteiger partial charge in [-0.15, -0.1) is 9.37 Å². The Kier molecular flexibility index (Phi) is 14.6. The van der Waals surface area contributed by atoms with Crippen LogP contribution in [-0.4, -0.2) is 19.8 Å². The van der Waals surface area contributed by atoms with Crippen molar-refractivity contribution in [1.82, 2.24) is 4.86 Å². The molecule has 0 heterocycles. The number of aryl methyl sites for hydroxylation is 3. The van der Waals surface area contributed by atoms with E-state index in [-0.39, 0.29) is 0 Å². The van der Waals surface area contributed by atoms with Gasteiger partial charge in [-0.25, -0.2) is 0 Å². The summed E-state index contributed by atoms with van der Waals surface area (Å²) in [6.45, 7) is 13.6. The maximum atomic E-state index is 6.62. The third-order valence-corrected chi connectivity index (χ3v) is 11.1. The Bertz CT molecular complexity index is 1210. The van der Waals surface area contributed by atoms with Crippen LogP contribution in [0.25, 0.3) is 0 Å². The second-order valence-electron chi connectivity index (χ2n) is 9.42. The molecule has 0 saturated carbocycles. The lowest BCUT2D eigenvalue weighted by atomic mass is 10.2. The second kappa shape index (κ2) is 17.8. The summed E-state index contributed by atoms with van der Waals surface area (Å²) < 4.78 is 43.1. The minimum absolute atomic E-state index is 0.402. The van der Waals surface area contributed by atoms with Gasteiger partial charge in [0.25, 0.3) is 0 Å². The topological polar surface area (TPSA) is 79.8 Å². The first-order valence-electron chi connectivity index (χ1n) is 14.0. The average Bonchev–Trinajstić information content (AvgIpc) is 2.97. The van der Waals surface area contributed by atoms with Crippen molar-refractivity contribution in [3.63, 3.8) is 0 Å². The molecule has 3 aromatic rings. The fourth-order valence-electron chi connectivity index (χ4n) is 3.17. The first kappa shape index (κ1) is 33.5. The minimum Gasteiger partial charge on any atom is -0.436 e. The molecule has 3 aromatic carbocycles. The predicted octanol–water partition coefficient (Wildman–Crippen LogP) is 10.4. The molecule has 0 aliphatic heterocycles. The van der Waals surface area contributed by atoms with Gasteiger partial charge in [-0.3, -0.25) is 0 Å². The molecule has 0 spiro atoms. The van der Waals surface area contributed by atoms with Gasteiger partial charge in [0, 0.05) is 0 Å². The zero-order valence-electron chi connectivity index (χ0n) is 24.9. The molecular formula is C30H43N2O6P3. The van der Waals surface area contributed by atoms with Crippen molar-refractivity contribution in [2.24, 2.45) is 4.52 Å². The second-order valence-corrected chi connectivity index (χ2v) is 14.3. The lowest BCUT2D eigenvalue weighted by molar-refractivity contribution is 0.286. The van der Waals surface area contributed by atoms with Crippen LogP contribution in [0.1, 0.15) is 56.7 Å². The van der Waals surface area contributed by atoms with Crippen LogP contribution in [0.5, 0.6) is 17.2 Å². The summed E-state index contributed by atoms with van der Waals surface area (Å²) in [4.78, 5) is 3.44. The molecule has 41 heavy (non-hydrogen) atoms. The minimum atomic E-state index is -3.30. The fourth-order valence-corrected chi connectivity index (χ4v) is 9.08. The molecule has 11 heteroatoms. The van der Waals surface area contributed by atoms with Crippen LogP contribution in [0.2, 0.25) is 0 Å². The third-order valence-electron chi connectivity index (χ3n) is 5.35. The average molecular weight is 621 g/mol. The first-order chi connectivity index (χ1) is 19.8. The van der Waals surface area contributed by atoms with Crippen molar-refractivity contribution in [2.75, 3.05) is 19.8 Å². The van der Waals surface area contributed by atoms with E-state index in [4.69, 9.17) is 31.7 Å². The van der Waals surface area contributed by atoms with Crippen molar-refractivity contribution in [3.8, 4) is 17.2 Å². The molecule has 0 bridgehead atoms. The highest BCUT2D eigenvalue weighted by Gasteiger charge is 2.34. The summed E-state index contributed by atoms with van der Waals surface area (Å²) >= 11 is 0. The van der Waals surface area contributed by atoms with Crippen LogP contribution in [0.15, 0.2) is 77.3 Å². The molecule has 0 fully saturated rings. The zero-order chi connectivity index (χ0) is 29.5. The number of benzene rings is 3. The summed E-state index contributed by atoms with van der Waals surface area (Å²) in [5.74, 6) is 1.94. The molecule has 0 aliphatic carbocycles. The Hall–Kier alpha value is -2.01. The summed E-state index contributed by atoms with van der Waals surface area (Å²) in [5, 5.41) is 0. The Balaban J connectivity index is 2.07. The standard InChI is InChI=1S/C30H43N2O6P3/c1-7-22-33-39(36-28-16-10-25(4)11-17-28)31-41(35-24-9-3,38-30-20-14-27(6)15-21-30)32-40(34-23-8-2)37-29-18-12-26(5)13-19-29/h10-21,31H,7-9,22-24H2,1-6H3. The smallest absolute Gasteiger partial charge is 0.377 e. The normalized spacial score (nSPS) is 14.1. The third kappa shape index (κ3) is 12.0. The van der Waals surface area contributed by atoms with Crippen molar-refractivity contribution < 1.29 is 27.1 Å². The quantitative estimate of drug-likeness (QED) is 0.142. The molecule has 224 valence electrons. The number of hydrogen-bond donors (Lipinski definition) is 1. The molecule has 8 nitrogen and oxygen atoms in total. The van der Waals surface area contributed by atoms with Crippen LogP contribution in [0.4, 0.5) is 0 Å². The molecule has 0 aliphatic rings. The van der Waals surface area contributed by atoms with Gasteiger partial charge >= 0.3 is 24.7 Å². The molecule has 3 unspecified atom stereocenters. The highest BCUT2D eigenvalue weighted by atomic mass is 31.3. The van der Waals surface area contributed by atoms with Crippen LogP contribution < -0.4 is 18.4 Å². The largest absolute Gasteiger partial charge is 0.436 e. The van der Waals surface area contributed by atoms with Gasteiger partial charge < -0.3 is 27.1 Å². The van der Waals surface area contributed by atoms with Gasteiger partial charge in [-0.05, 0) is 76.4 Å². The van der Waals surface area contributed by atoms with Crippen molar-refractivity contribution in [3.05, 3.63) is 89.5 Å². The first-order valence-corrected chi connectivity index (χ1v) is 17.9. The van der Waals surface area contributed by atoms with Gasteiger partial charge in [-0.1, -0.05) is 73.9 Å². The summed E-state index contributed by atoms with van der Waals surface area (Å²) in [7, 11) is -6.82. The van der Waals surface area contributed by atoms with E-state index in [1.165, 1.54) is 0 Å². The summed E-state index contributed by atoms with van der Waals surface area (Å²) in [6, 6.07) is 23.4. The van der Waals surface area contributed by atoms with E-state index < -0.39 is 24.7 Å². The van der Waals surface area contributed by atoms with E-state index in [1.54, 1.807) is 0 Å². The lowest BCUT2D eigenvalue weighted by Crippen LogP contribution is -2.17. The van der Waals surface area contributed by atoms with Crippen molar-refractivity contribution in [1.29, 1.82) is 0 Å². The lowest BCUT2D eigenvalue weighted by Gasteiger charge is -2.29. The van der Waals surface area contributed by atoms with E-state index in [0.29, 0.717) is 37.1 Å². The summed E-state index contributed by atoms with van der Waals surface area (Å²) in [6.07, 6.45) is 2.38. The molecule has 3 atom stereocenters. The Morgan fingerprint density at radius 3 is 1.59 bits per heavy atom. The highest BCUT2D eigenvalue weighted by Crippen LogP contribution is 2.62. The SMILES string of the molecule is CCCOP(N=P(NP(OCCC)Oc1ccc(C)cc1)(OCCC)Oc1ccc(C)cc1)Oc1ccc(C)cc1. The van der Waals surface area contributed by atoms with Crippen LogP contribution in [0.3, 0.4) is 0 Å². The molecule has 0 aromatic heterocycles. The molecular weight excluding hydrogens is 577 g/mol. The fraction of sp³-hybridized carbons (Fsp3) is 0.400. The van der Waals surface area contributed by atoms with E-state index in [2.05, 4.69) is 11.8 Å². The van der Waals surface area contributed by atoms with Gasteiger partial charge in [-0.2, -0.15) is 0 Å². The van der Waals surface area contributed by atoms with Crippen LogP contribution in [-0.2, 0) is 13.6 Å². The zero-order valence-corrected chi connectivity index (χ0v) is 27.6. The number of nitrogens with one attached hydrogen (secondary N) is 1. The number of rotatable bonds is 18. The molecule has 0 radical (unpaired) electrons. The van der Waals surface area contributed by atoms with Gasteiger partial charge in [0.1, 0.15) is 17.2 Å². The Morgan fingerprint density at radius 1 is 0.610 bits per heavy atom. The van der Waals surface area contributed by atoms with E-state index in [0.717, 1.165) is 36.0 Å². The molecule has 3 rings (SSSR count). The summed E-state index contributed by atoms with van der Waals surface area (Å²) in [5.41, 5.74) is 3.40. The van der Waals surface area contributed by atoms with Crippen LogP contribution in [0, 0.1) is 20.8 Å². The predicted molar refractivity (Wildman–Crippen MR) is 170 cm³/mol. The molecule has 1 N–H and O–H groups in total. The van der Waals surface area contributed by atoms with Crippen LogP contribution >= 0.6 is 24.7 Å². The maximum Gasteiger partial charge on any atom is 0.377 e. The maximum absolute atomic E-state index is 6.62. The Morgan fingerprint density at radius 2 is 1.07 bits per heavy atom. The van der Waals surface area contributed by atoms with Gasteiger partial charge in [0.2, 0.25) is 0 Å². The van der Waals surface area contributed by atoms with Crippen molar-refractivity contribution >= 4 is 24.7 Å². The molecule has 0 amide bonds. The number of hydrogen-bond acceptors (Lipinski definition) is 7. The monoisotopic (exact) mass is 620 g/mol. The van der Waals surface area contributed by atoms with E-state index in [9.17, 15) is 0 Å². The number of nitrogens with zero attached hydrogens (tertiary/aromatic N) is 1. The molecule has 0 saturated heterocycles. The Labute approximate surface area is 248 Å². The van der Waals surface area contributed by atoms with Gasteiger partial charge in [0.05, 0.1) is 19.8 Å². The van der Waals surface area contributed by atoms with Crippen molar-refractivity contribution in [2.45, 2.75) is 60.8 Å². The highest BCUT2D eigenvalue weighted by molar-refractivity contribution is 7.70. The van der Waals surface area contributed by atoms with Gasteiger partial charge in [0.15, 0.2) is 0 Å². The van der Waals surface area contributed by atoms with E-state index >= 15 is 0 Å².